The van der Waals surface area contributed by atoms with E-state index in [-0.39, 0.29) is 0 Å². The van der Waals surface area contributed by atoms with Gasteiger partial charge in [-0.1, -0.05) is 12.1 Å². The van der Waals surface area contributed by atoms with E-state index in [0.717, 1.165) is 11.4 Å². The molecular weight excluding hydrogens is 224 g/mol. The van der Waals surface area contributed by atoms with Crippen LogP contribution in [0.4, 0.5) is 5.69 Å². The van der Waals surface area contributed by atoms with Gasteiger partial charge >= 0.3 is 0 Å². The number of pyridine rings is 1. The molecule has 0 atom stereocenters. The van der Waals surface area contributed by atoms with Crippen LogP contribution in [0.2, 0.25) is 0 Å². The summed E-state index contributed by atoms with van der Waals surface area (Å²) in [6.07, 6.45) is 1.93. The van der Waals surface area contributed by atoms with Crippen LogP contribution in [0.15, 0.2) is 36.5 Å². The van der Waals surface area contributed by atoms with E-state index in [1.807, 2.05) is 22.7 Å². The smallest absolute Gasteiger partial charge is 0.184 e. The molecule has 1 aromatic carbocycles. The number of nitrogens with two attached hydrogens (primary N) is 1. The molecule has 0 unspecified atom stereocenters. The molecule has 0 saturated heterocycles. The van der Waals surface area contributed by atoms with Crippen molar-refractivity contribution in [2.24, 2.45) is 0 Å². The monoisotopic (exact) mass is 238 g/mol. The van der Waals surface area contributed by atoms with Gasteiger partial charge < -0.3 is 5.73 Å². The second-order valence-electron chi connectivity index (χ2n) is 4.48. The Labute approximate surface area is 105 Å². The largest absolute Gasteiger partial charge is 0.396 e. The summed E-state index contributed by atoms with van der Waals surface area (Å²) in [5.74, 6) is 0.820. The average molecular weight is 238 g/mol. The van der Waals surface area contributed by atoms with Crippen molar-refractivity contribution in [1.82, 2.24) is 14.6 Å². The molecule has 4 nitrogen and oxygen atoms in total. The number of nitrogens with zero attached hydrogens (tertiary/aromatic N) is 3. The van der Waals surface area contributed by atoms with Gasteiger partial charge in [0.25, 0.3) is 0 Å². The van der Waals surface area contributed by atoms with Crippen molar-refractivity contribution in [1.29, 1.82) is 0 Å². The zero-order chi connectivity index (χ0) is 12.7. The Kier molecular flexibility index (Phi) is 2.30. The van der Waals surface area contributed by atoms with E-state index >= 15 is 0 Å². The summed E-state index contributed by atoms with van der Waals surface area (Å²) in [4.78, 5) is 0. The van der Waals surface area contributed by atoms with Gasteiger partial charge in [-0.05, 0) is 43.2 Å². The molecule has 0 aliphatic carbocycles. The zero-order valence-electron chi connectivity index (χ0n) is 10.4. The van der Waals surface area contributed by atoms with Crippen molar-refractivity contribution in [2.45, 2.75) is 13.8 Å². The molecule has 3 aromatic rings. The number of benzene rings is 1. The summed E-state index contributed by atoms with van der Waals surface area (Å²) in [6.45, 7) is 4.19. The molecular formula is C14H14N4. The highest BCUT2D eigenvalue weighted by molar-refractivity contribution is 5.69. The molecule has 0 fully saturated rings. The van der Waals surface area contributed by atoms with Crippen molar-refractivity contribution in [2.75, 3.05) is 5.73 Å². The lowest BCUT2D eigenvalue weighted by molar-refractivity contribution is 1.11. The van der Waals surface area contributed by atoms with Crippen LogP contribution < -0.4 is 5.73 Å². The fourth-order valence-electron chi connectivity index (χ4n) is 2.01. The first-order valence-electron chi connectivity index (χ1n) is 5.83. The van der Waals surface area contributed by atoms with Gasteiger partial charge in [0.05, 0.1) is 5.69 Å². The molecule has 0 aliphatic rings. The summed E-state index contributed by atoms with van der Waals surface area (Å²) in [6, 6.07) is 10.00. The predicted octanol–water partition coefficient (Wildman–Crippen LogP) is 2.60. The standard InChI is InChI=1S/C14H14N4/c1-9-5-6-11(8-10(9)2)13-16-17-14-12(15)4-3-7-18(13)14/h3-8H,15H2,1-2H3. The highest BCUT2D eigenvalue weighted by Gasteiger charge is 2.09. The summed E-state index contributed by atoms with van der Waals surface area (Å²) < 4.78 is 1.92. The van der Waals surface area contributed by atoms with Gasteiger partial charge in [-0.3, -0.25) is 4.40 Å². The number of anilines is 1. The molecule has 4 heteroatoms. The molecule has 3 rings (SSSR count). The first-order chi connectivity index (χ1) is 8.66. The minimum Gasteiger partial charge on any atom is -0.396 e. The van der Waals surface area contributed by atoms with E-state index in [9.17, 15) is 0 Å². The number of hydrogen-bond acceptors (Lipinski definition) is 3. The topological polar surface area (TPSA) is 56.2 Å². The van der Waals surface area contributed by atoms with Gasteiger partial charge in [0.1, 0.15) is 0 Å². The minimum absolute atomic E-state index is 0.639. The molecule has 18 heavy (non-hydrogen) atoms. The molecule has 0 spiro atoms. The predicted molar refractivity (Wildman–Crippen MR) is 72.3 cm³/mol. The number of hydrogen-bond donors (Lipinski definition) is 1. The Morgan fingerprint density at radius 1 is 1.06 bits per heavy atom. The van der Waals surface area contributed by atoms with Crippen LogP contribution in [-0.4, -0.2) is 14.6 Å². The van der Waals surface area contributed by atoms with Gasteiger partial charge in [0.15, 0.2) is 11.5 Å². The lowest BCUT2D eigenvalue weighted by Crippen LogP contribution is -1.94. The van der Waals surface area contributed by atoms with E-state index in [0.29, 0.717) is 11.3 Å². The van der Waals surface area contributed by atoms with E-state index in [2.05, 4.69) is 42.2 Å². The SMILES string of the molecule is Cc1ccc(-c2nnc3c(N)cccn23)cc1C. The summed E-state index contributed by atoms with van der Waals surface area (Å²) in [7, 11) is 0. The van der Waals surface area contributed by atoms with Crippen LogP contribution in [0.25, 0.3) is 17.0 Å². The number of fused-ring (bicyclic) bond motifs is 1. The first kappa shape index (κ1) is 10.8. The Morgan fingerprint density at radius 2 is 1.89 bits per heavy atom. The van der Waals surface area contributed by atoms with Crippen molar-refractivity contribution in [3.8, 4) is 11.4 Å². The van der Waals surface area contributed by atoms with Gasteiger partial charge in [-0.25, -0.2) is 0 Å². The Balaban J connectivity index is 2.25. The highest BCUT2D eigenvalue weighted by Crippen LogP contribution is 2.22. The van der Waals surface area contributed by atoms with Gasteiger partial charge in [-0.2, -0.15) is 0 Å². The second kappa shape index (κ2) is 3.84. The minimum atomic E-state index is 0.639. The van der Waals surface area contributed by atoms with E-state index in [1.165, 1.54) is 11.1 Å². The summed E-state index contributed by atoms with van der Waals surface area (Å²) in [5, 5.41) is 8.36. The molecule has 0 radical (unpaired) electrons. The zero-order valence-corrected chi connectivity index (χ0v) is 10.4. The van der Waals surface area contributed by atoms with Crippen LogP contribution in [0, 0.1) is 13.8 Å². The van der Waals surface area contributed by atoms with Crippen LogP contribution >= 0.6 is 0 Å². The molecule has 0 bridgehead atoms. The normalized spacial score (nSPS) is 11.0. The van der Waals surface area contributed by atoms with Gasteiger partial charge in [0, 0.05) is 11.8 Å². The van der Waals surface area contributed by atoms with Crippen molar-refractivity contribution in [3.05, 3.63) is 47.7 Å². The number of rotatable bonds is 1. The fourth-order valence-corrected chi connectivity index (χ4v) is 2.01. The fraction of sp³-hybridized carbons (Fsp3) is 0.143. The first-order valence-corrected chi connectivity index (χ1v) is 5.83. The molecule has 0 aliphatic heterocycles. The molecule has 2 heterocycles. The Hall–Kier alpha value is -2.36. The van der Waals surface area contributed by atoms with Crippen molar-refractivity contribution < 1.29 is 0 Å². The number of nitrogen functional groups attached to an aromatic ring is 1. The third-order valence-corrected chi connectivity index (χ3v) is 3.23. The molecule has 2 N–H and O–H groups in total. The third kappa shape index (κ3) is 1.54. The quantitative estimate of drug-likeness (QED) is 0.709. The number of aromatic nitrogens is 3. The van der Waals surface area contributed by atoms with E-state index in [1.54, 1.807) is 0 Å². The maximum atomic E-state index is 5.88. The maximum absolute atomic E-state index is 5.88. The summed E-state index contributed by atoms with van der Waals surface area (Å²) >= 11 is 0. The third-order valence-electron chi connectivity index (χ3n) is 3.23. The van der Waals surface area contributed by atoms with Gasteiger partial charge in [-0.15, -0.1) is 10.2 Å². The van der Waals surface area contributed by atoms with E-state index < -0.39 is 0 Å². The Bertz CT molecular complexity index is 728. The van der Waals surface area contributed by atoms with Crippen molar-refractivity contribution >= 4 is 11.3 Å². The maximum Gasteiger partial charge on any atom is 0.184 e. The van der Waals surface area contributed by atoms with Crippen LogP contribution in [-0.2, 0) is 0 Å². The molecule has 0 amide bonds. The van der Waals surface area contributed by atoms with Crippen LogP contribution in [0.1, 0.15) is 11.1 Å². The average Bonchev–Trinajstić information content (AvgIpc) is 2.78. The lowest BCUT2D eigenvalue weighted by atomic mass is 10.1. The van der Waals surface area contributed by atoms with Gasteiger partial charge in [0.2, 0.25) is 0 Å². The molecule has 0 saturated carbocycles. The highest BCUT2D eigenvalue weighted by atomic mass is 15.2. The van der Waals surface area contributed by atoms with Crippen LogP contribution in [0.5, 0.6) is 0 Å². The molecule has 90 valence electrons. The Morgan fingerprint density at radius 3 is 2.67 bits per heavy atom. The van der Waals surface area contributed by atoms with Crippen LogP contribution in [0.3, 0.4) is 0 Å². The second-order valence-corrected chi connectivity index (χ2v) is 4.48. The molecule has 2 aromatic heterocycles. The lowest BCUT2D eigenvalue weighted by Gasteiger charge is -2.04. The summed E-state index contributed by atoms with van der Waals surface area (Å²) in [5.41, 5.74) is 10.8. The van der Waals surface area contributed by atoms with Crippen molar-refractivity contribution in [3.63, 3.8) is 0 Å². The number of aryl methyl sites for hydroxylation is 2. The van der Waals surface area contributed by atoms with E-state index in [4.69, 9.17) is 5.73 Å².